The van der Waals surface area contributed by atoms with Crippen LogP contribution in [0.15, 0.2) is 0 Å². The lowest BCUT2D eigenvalue weighted by Crippen LogP contribution is -2.64. The van der Waals surface area contributed by atoms with Gasteiger partial charge < -0.3 is 10.6 Å². The minimum Gasteiger partial charge on any atom is -0.313 e. The topological polar surface area (TPSA) is 24.1 Å². The van der Waals surface area contributed by atoms with Crippen molar-refractivity contribution in [2.24, 2.45) is 0 Å². The third-order valence-corrected chi connectivity index (χ3v) is 3.90. The molecule has 2 aliphatic rings. The molecule has 0 amide bonds. The summed E-state index contributed by atoms with van der Waals surface area (Å²) < 4.78 is 0. The molecule has 2 fully saturated rings. The second kappa shape index (κ2) is 3.56. The van der Waals surface area contributed by atoms with Crippen LogP contribution in [0.1, 0.15) is 19.8 Å². The molecule has 0 aromatic carbocycles. The summed E-state index contributed by atoms with van der Waals surface area (Å²) in [6.45, 7) is 4.59. The summed E-state index contributed by atoms with van der Waals surface area (Å²) >= 11 is 2.10. The summed E-state index contributed by atoms with van der Waals surface area (Å²) in [5, 5.41) is 7.28. The maximum Gasteiger partial charge on any atom is 0.0324 e. The average Bonchev–Trinajstić information content (AvgIpc) is 2.05. The largest absolute Gasteiger partial charge is 0.313 e. The number of piperazine rings is 1. The molecule has 2 nitrogen and oxygen atoms in total. The van der Waals surface area contributed by atoms with Gasteiger partial charge in [-0.15, -0.1) is 0 Å². The van der Waals surface area contributed by atoms with Gasteiger partial charge in [0.2, 0.25) is 0 Å². The van der Waals surface area contributed by atoms with Gasteiger partial charge in [-0.1, -0.05) is 0 Å². The molecule has 0 aromatic heterocycles. The third-order valence-electron chi connectivity index (χ3n) is 2.92. The fourth-order valence-corrected chi connectivity index (χ4v) is 3.51. The average molecular weight is 186 g/mol. The van der Waals surface area contributed by atoms with Gasteiger partial charge in [-0.25, -0.2) is 0 Å². The molecule has 0 bridgehead atoms. The number of thioether (sulfide) groups is 1. The molecular formula is C9H18N2S. The number of hydrogen-bond acceptors (Lipinski definition) is 3. The van der Waals surface area contributed by atoms with E-state index in [0.717, 1.165) is 6.54 Å². The van der Waals surface area contributed by atoms with Crippen LogP contribution in [0.3, 0.4) is 0 Å². The van der Waals surface area contributed by atoms with Gasteiger partial charge in [0.1, 0.15) is 0 Å². The molecule has 1 spiro atoms. The molecule has 2 saturated heterocycles. The van der Waals surface area contributed by atoms with E-state index in [-0.39, 0.29) is 0 Å². The molecule has 2 rings (SSSR count). The van der Waals surface area contributed by atoms with Gasteiger partial charge >= 0.3 is 0 Å². The number of nitrogens with one attached hydrogen (secondary N) is 2. The first-order valence-corrected chi connectivity index (χ1v) is 6.02. The quantitative estimate of drug-likeness (QED) is 0.586. The highest BCUT2D eigenvalue weighted by molar-refractivity contribution is 7.99. The van der Waals surface area contributed by atoms with Crippen molar-refractivity contribution in [2.45, 2.75) is 31.3 Å². The van der Waals surface area contributed by atoms with Crippen LogP contribution in [0.5, 0.6) is 0 Å². The maximum atomic E-state index is 3.76. The first-order chi connectivity index (χ1) is 5.81. The molecule has 0 aliphatic carbocycles. The second-order valence-corrected chi connectivity index (χ2v) is 5.29. The fraction of sp³-hybridized carbons (Fsp3) is 1.00. The fourth-order valence-electron chi connectivity index (χ4n) is 2.24. The van der Waals surface area contributed by atoms with Gasteiger partial charge in [-0.3, -0.25) is 0 Å². The Kier molecular flexibility index (Phi) is 2.63. The SMILES string of the molecule is C[C@@H]1CNCC2(CCSCC2)N1. The van der Waals surface area contributed by atoms with Crippen molar-refractivity contribution < 1.29 is 0 Å². The van der Waals surface area contributed by atoms with Gasteiger partial charge in [0.05, 0.1) is 0 Å². The summed E-state index contributed by atoms with van der Waals surface area (Å²) in [7, 11) is 0. The summed E-state index contributed by atoms with van der Waals surface area (Å²) in [6, 6.07) is 0.654. The first-order valence-electron chi connectivity index (χ1n) is 4.87. The van der Waals surface area contributed by atoms with E-state index in [1.165, 1.54) is 30.9 Å². The summed E-state index contributed by atoms with van der Waals surface area (Å²) in [5.74, 6) is 2.67. The van der Waals surface area contributed by atoms with Gasteiger partial charge in [-0.2, -0.15) is 11.8 Å². The van der Waals surface area contributed by atoms with Crippen molar-refractivity contribution in [3.05, 3.63) is 0 Å². The van der Waals surface area contributed by atoms with Crippen LogP contribution in [-0.4, -0.2) is 36.2 Å². The second-order valence-electron chi connectivity index (χ2n) is 4.07. The van der Waals surface area contributed by atoms with Gasteiger partial charge in [0.15, 0.2) is 0 Å². The smallest absolute Gasteiger partial charge is 0.0324 e. The normalized spacial score (nSPS) is 35.2. The van der Waals surface area contributed by atoms with Crippen LogP contribution in [0.2, 0.25) is 0 Å². The van der Waals surface area contributed by atoms with E-state index in [4.69, 9.17) is 0 Å². The van der Waals surface area contributed by atoms with Crippen LogP contribution in [0.25, 0.3) is 0 Å². The minimum absolute atomic E-state index is 0.447. The Hall–Kier alpha value is 0.270. The zero-order valence-corrected chi connectivity index (χ0v) is 8.54. The zero-order valence-electron chi connectivity index (χ0n) is 7.73. The van der Waals surface area contributed by atoms with Gasteiger partial charge in [0.25, 0.3) is 0 Å². The Bertz CT molecular complexity index is 149. The lowest BCUT2D eigenvalue weighted by atomic mass is 9.89. The molecule has 0 unspecified atom stereocenters. The molecule has 2 heterocycles. The zero-order chi connectivity index (χ0) is 8.44. The highest BCUT2D eigenvalue weighted by Crippen LogP contribution is 2.28. The number of hydrogen-bond donors (Lipinski definition) is 2. The van der Waals surface area contributed by atoms with Crippen molar-refractivity contribution in [1.29, 1.82) is 0 Å². The Morgan fingerprint density at radius 2 is 2.08 bits per heavy atom. The predicted octanol–water partition coefficient (Wildman–Crippen LogP) is 0.833. The van der Waals surface area contributed by atoms with Gasteiger partial charge in [-0.05, 0) is 31.3 Å². The molecule has 2 N–H and O–H groups in total. The molecule has 12 heavy (non-hydrogen) atoms. The Morgan fingerprint density at radius 1 is 1.33 bits per heavy atom. The molecule has 0 radical (unpaired) electrons. The van der Waals surface area contributed by atoms with Crippen LogP contribution in [0.4, 0.5) is 0 Å². The maximum absolute atomic E-state index is 3.76. The Morgan fingerprint density at radius 3 is 2.75 bits per heavy atom. The van der Waals surface area contributed by atoms with E-state index in [0.29, 0.717) is 11.6 Å². The molecule has 1 atom stereocenters. The molecule has 70 valence electrons. The van der Waals surface area contributed by atoms with Crippen LogP contribution < -0.4 is 10.6 Å². The monoisotopic (exact) mass is 186 g/mol. The summed E-state index contributed by atoms with van der Waals surface area (Å²) in [4.78, 5) is 0. The van der Waals surface area contributed by atoms with Crippen molar-refractivity contribution >= 4 is 11.8 Å². The highest BCUT2D eigenvalue weighted by Gasteiger charge is 2.35. The molecule has 0 saturated carbocycles. The predicted molar refractivity (Wildman–Crippen MR) is 54.8 cm³/mol. The van der Waals surface area contributed by atoms with E-state index >= 15 is 0 Å². The van der Waals surface area contributed by atoms with E-state index in [9.17, 15) is 0 Å². The van der Waals surface area contributed by atoms with E-state index in [2.05, 4.69) is 29.3 Å². The van der Waals surface area contributed by atoms with Crippen molar-refractivity contribution in [3.8, 4) is 0 Å². The van der Waals surface area contributed by atoms with Crippen LogP contribution in [-0.2, 0) is 0 Å². The molecular weight excluding hydrogens is 168 g/mol. The lowest BCUT2D eigenvalue weighted by Gasteiger charge is -2.44. The van der Waals surface area contributed by atoms with Crippen LogP contribution >= 0.6 is 11.8 Å². The lowest BCUT2D eigenvalue weighted by molar-refractivity contribution is 0.216. The van der Waals surface area contributed by atoms with Crippen LogP contribution in [0, 0.1) is 0 Å². The van der Waals surface area contributed by atoms with Crippen molar-refractivity contribution in [1.82, 2.24) is 10.6 Å². The van der Waals surface area contributed by atoms with E-state index < -0.39 is 0 Å². The van der Waals surface area contributed by atoms with E-state index in [1.807, 2.05) is 0 Å². The summed E-state index contributed by atoms with van der Waals surface area (Å²) in [6.07, 6.45) is 2.68. The minimum atomic E-state index is 0.447. The summed E-state index contributed by atoms with van der Waals surface area (Å²) in [5.41, 5.74) is 0.447. The highest BCUT2D eigenvalue weighted by atomic mass is 32.2. The van der Waals surface area contributed by atoms with Crippen molar-refractivity contribution in [2.75, 3.05) is 24.6 Å². The molecule has 3 heteroatoms. The number of rotatable bonds is 0. The Balaban J connectivity index is 1.97. The Labute approximate surface area is 78.9 Å². The molecule has 2 aliphatic heterocycles. The standard InChI is InChI=1S/C9H18N2S/c1-8-6-10-7-9(11-8)2-4-12-5-3-9/h8,10-11H,2-7H2,1H3/t8-/m1/s1. The third kappa shape index (κ3) is 1.78. The first kappa shape index (κ1) is 8.85. The van der Waals surface area contributed by atoms with Gasteiger partial charge in [0, 0.05) is 24.7 Å². The van der Waals surface area contributed by atoms with Crippen molar-refractivity contribution in [3.63, 3.8) is 0 Å². The van der Waals surface area contributed by atoms with E-state index in [1.54, 1.807) is 0 Å². The molecule has 0 aromatic rings.